The first-order valence-corrected chi connectivity index (χ1v) is 6.34. The predicted molar refractivity (Wildman–Crippen MR) is 71.1 cm³/mol. The number of aromatic nitrogens is 2. The van der Waals surface area contributed by atoms with Crippen LogP contribution in [0.5, 0.6) is 0 Å². The molecule has 0 radical (unpaired) electrons. The number of pyridine rings is 1. The van der Waals surface area contributed by atoms with E-state index < -0.39 is 0 Å². The van der Waals surface area contributed by atoms with Crippen molar-refractivity contribution < 1.29 is 0 Å². The largest absolute Gasteiger partial charge is 0.323 e. The van der Waals surface area contributed by atoms with Gasteiger partial charge < -0.3 is 10.1 Å². The molecular formula is C14H21N3. The summed E-state index contributed by atoms with van der Waals surface area (Å²) in [7, 11) is 0. The second-order valence-electron chi connectivity index (χ2n) is 4.77. The summed E-state index contributed by atoms with van der Waals surface area (Å²) in [5.74, 6) is 0. The summed E-state index contributed by atoms with van der Waals surface area (Å²) >= 11 is 0. The quantitative estimate of drug-likeness (QED) is 0.878. The number of nitrogens with zero attached hydrogens (tertiary/aromatic N) is 2. The highest BCUT2D eigenvalue weighted by atomic mass is 15.0. The van der Waals surface area contributed by atoms with Gasteiger partial charge in [-0.3, -0.25) is 0 Å². The molecule has 3 heteroatoms. The fourth-order valence-electron chi connectivity index (χ4n) is 2.29. The molecule has 17 heavy (non-hydrogen) atoms. The summed E-state index contributed by atoms with van der Waals surface area (Å²) in [6.07, 6.45) is 5.50. The Balaban J connectivity index is 2.44. The van der Waals surface area contributed by atoms with Crippen molar-refractivity contribution in [1.82, 2.24) is 9.38 Å². The van der Waals surface area contributed by atoms with Crippen LogP contribution in [0.25, 0.3) is 5.65 Å². The van der Waals surface area contributed by atoms with Gasteiger partial charge in [0.25, 0.3) is 0 Å². The van der Waals surface area contributed by atoms with Crippen molar-refractivity contribution in [2.75, 3.05) is 0 Å². The lowest BCUT2D eigenvalue weighted by molar-refractivity contribution is 0.584. The standard InChI is InChI=1S/C14H21N3/c1-4-5-6-12(15)14-11(3)16-13-8-7-10(2)9-17(13)14/h7-9,12H,4-6,15H2,1-3H3. The molecule has 0 fully saturated rings. The molecular weight excluding hydrogens is 210 g/mol. The summed E-state index contributed by atoms with van der Waals surface area (Å²) < 4.78 is 2.14. The summed E-state index contributed by atoms with van der Waals surface area (Å²) in [4.78, 5) is 4.57. The molecule has 0 aliphatic heterocycles. The van der Waals surface area contributed by atoms with Gasteiger partial charge in [0.05, 0.1) is 11.4 Å². The molecule has 0 spiro atoms. The zero-order valence-corrected chi connectivity index (χ0v) is 10.9. The molecule has 1 atom stereocenters. The number of unbranched alkanes of at least 4 members (excludes halogenated alkanes) is 1. The minimum absolute atomic E-state index is 0.0896. The molecule has 3 nitrogen and oxygen atoms in total. The molecule has 0 amide bonds. The van der Waals surface area contributed by atoms with E-state index in [1.807, 2.05) is 6.92 Å². The van der Waals surface area contributed by atoms with Gasteiger partial charge in [-0.2, -0.15) is 0 Å². The Hall–Kier alpha value is -1.35. The van der Waals surface area contributed by atoms with E-state index in [0.717, 1.165) is 23.5 Å². The van der Waals surface area contributed by atoms with Crippen LogP contribution in [0.2, 0.25) is 0 Å². The van der Waals surface area contributed by atoms with Crippen molar-refractivity contribution in [2.45, 2.75) is 46.1 Å². The molecule has 0 saturated heterocycles. The van der Waals surface area contributed by atoms with Gasteiger partial charge in [0.1, 0.15) is 5.65 Å². The lowest BCUT2D eigenvalue weighted by atomic mass is 10.1. The maximum absolute atomic E-state index is 6.28. The molecule has 0 bridgehead atoms. The van der Waals surface area contributed by atoms with Crippen LogP contribution in [-0.4, -0.2) is 9.38 Å². The number of rotatable bonds is 4. The molecule has 92 valence electrons. The Morgan fingerprint density at radius 3 is 2.82 bits per heavy atom. The fourth-order valence-corrected chi connectivity index (χ4v) is 2.29. The van der Waals surface area contributed by atoms with Gasteiger partial charge >= 0.3 is 0 Å². The zero-order chi connectivity index (χ0) is 12.4. The van der Waals surface area contributed by atoms with Crippen molar-refractivity contribution >= 4 is 5.65 Å². The number of aryl methyl sites for hydroxylation is 2. The molecule has 2 heterocycles. The summed E-state index contributed by atoms with van der Waals surface area (Å²) in [5.41, 5.74) is 10.7. The van der Waals surface area contributed by atoms with E-state index in [2.05, 4.69) is 41.6 Å². The van der Waals surface area contributed by atoms with Crippen molar-refractivity contribution in [3.63, 3.8) is 0 Å². The first-order valence-electron chi connectivity index (χ1n) is 6.34. The molecule has 1 unspecified atom stereocenters. The first kappa shape index (κ1) is 12.1. The average molecular weight is 231 g/mol. The van der Waals surface area contributed by atoms with Gasteiger partial charge in [0.2, 0.25) is 0 Å². The first-order chi connectivity index (χ1) is 8.13. The molecule has 0 aromatic carbocycles. The van der Waals surface area contributed by atoms with Gasteiger partial charge in [-0.05, 0) is 31.9 Å². The summed E-state index contributed by atoms with van der Waals surface area (Å²) in [5, 5.41) is 0. The third-order valence-corrected chi connectivity index (χ3v) is 3.21. The van der Waals surface area contributed by atoms with Crippen LogP contribution in [0.1, 0.15) is 49.2 Å². The highest BCUT2D eigenvalue weighted by Gasteiger charge is 2.15. The van der Waals surface area contributed by atoms with Crippen LogP contribution in [0.15, 0.2) is 18.3 Å². The van der Waals surface area contributed by atoms with Gasteiger partial charge in [0, 0.05) is 12.2 Å². The van der Waals surface area contributed by atoms with Crippen molar-refractivity contribution in [3.8, 4) is 0 Å². The lowest BCUT2D eigenvalue weighted by Gasteiger charge is -2.12. The van der Waals surface area contributed by atoms with E-state index in [1.54, 1.807) is 0 Å². The molecule has 0 aliphatic carbocycles. The minimum Gasteiger partial charge on any atom is -0.323 e. The number of hydrogen-bond donors (Lipinski definition) is 1. The van der Waals surface area contributed by atoms with E-state index in [1.165, 1.54) is 18.4 Å². The molecule has 2 aromatic heterocycles. The highest BCUT2D eigenvalue weighted by Crippen LogP contribution is 2.22. The van der Waals surface area contributed by atoms with Crippen LogP contribution in [-0.2, 0) is 0 Å². The zero-order valence-electron chi connectivity index (χ0n) is 10.9. The Labute approximate surface area is 103 Å². The molecule has 2 rings (SSSR count). The van der Waals surface area contributed by atoms with Crippen LogP contribution in [0.4, 0.5) is 0 Å². The number of imidazole rings is 1. The van der Waals surface area contributed by atoms with E-state index in [-0.39, 0.29) is 6.04 Å². The van der Waals surface area contributed by atoms with E-state index >= 15 is 0 Å². The topological polar surface area (TPSA) is 43.3 Å². The lowest BCUT2D eigenvalue weighted by Crippen LogP contribution is -2.14. The number of fused-ring (bicyclic) bond motifs is 1. The Kier molecular flexibility index (Phi) is 3.48. The SMILES string of the molecule is CCCCC(N)c1c(C)nc2ccc(C)cn12. The van der Waals surface area contributed by atoms with Crippen LogP contribution >= 0.6 is 0 Å². The Morgan fingerprint density at radius 1 is 1.35 bits per heavy atom. The summed E-state index contributed by atoms with van der Waals surface area (Å²) in [6, 6.07) is 4.23. The predicted octanol–water partition coefficient (Wildman–Crippen LogP) is 3.14. The average Bonchev–Trinajstić information content (AvgIpc) is 2.61. The second kappa shape index (κ2) is 4.88. The van der Waals surface area contributed by atoms with E-state index in [9.17, 15) is 0 Å². The van der Waals surface area contributed by atoms with E-state index in [4.69, 9.17) is 5.73 Å². The third-order valence-electron chi connectivity index (χ3n) is 3.21. The minimum atomic E-state index is 0.0896. The van der Waals surface area contributed by atoms with Crippen molar-refractivity contribution in [3.05, 3.63) is 35.3 Å². The fraction of sp³-hybridized carbons (Fsp3) is 0.500. The monoisotopic (exact) mass is 231 g/mol. The van der Waals surface area contributed by atoms with Gasteiger partial charge in [0.15, 0.2) is 0 Å². The molecule has 0 aliphatic rings. The Morgan fingerprint density at radius 2 is 2.12 bits per heavy atom. The van der Waals surface area contributed by atoms with Crippen LogP contribution in [0, 0.1) is 13.8 Å². The van der Waals surface area contributed by atoms with E-state index in [0.29, 0.717) is 0 Å². The Bertz CT molecular complexity index is 513. The number of hydrogen-bond acceptors (Lipinski definition) is 2. The van der Waals surface area contributed by atoms with Gasteiger partial charge in [-0.25, -0.2) is 4.98 Å². The van der Waals surface area contributed by atoms with Gasteiger partial charge in [-0.15, -0.1) is 0 Å². The maximum Gasteiger partial charge on any atom is 0.137 e. The molecule has 0 saturated carbocycles. The third kappa shape index (κ3) is 2.34. The second-order valence-corrected chi connectivity index (χ2v) is 4.77. The smallest absolute Gasteiger partial charge is 0.137 e. The van der Waals surface area contributed by atoms with Crippen molar-refractivity contribution in [1.29, 1.82) is 0 Å². The highest BCUT2D eigenvalue weighted by molar-refractivity contribution is 5.45. The van der Waals surface area contributed by atoms with Crippen molar-refractivity contribution in [2.24, 2.45) is 5.73 Å². The molecule has 2 aromatic rings. The van der Waals surface area contributed by atoms with Crippen LogP contribution < -0.4 is 5.73 Å². The maximum atomic E-state index is 6.28. The number of nitrogens with two attached hydrogens (primary N) is 1. The summed E-state index contributed by atoms with van der Waals surface area (Å²) in [6.45, 7) is 6.33. The normalized spacial score (nSPS) is 13.2. The molecule has 2 N–H and O–H groups in total. The van der Waals surface area contributed by atoms with Gasteiger partial charge in [-0.1, -0.05) is 25.8 Å². The van der Waals surface area contributed by atoms with Crippen LogP contribution in [0.3, 0.4) is 0 Å².